The molecular weight excluding hydrogens is 348 g/mol. The van der Waals surface area contributed by atoms with Crippen molar-refractivity contribution in [3.63, 3.8) is 0 Å². The molecule has 2 N–H and O–H groups in total. The minimum atomic E-state index is 0.235. The summed E-state index contributed by atoms with van der Waals surface area (Å²) in [6, 6.07) is 12.2. The monoisotopic (exact) mass is 374 g/mol. The van der Waals surface area contributed by atoms with Crippen molar-refractivity contribution in [1.82, 2.24) is 15.5 Å². The molecule has 0 bridgehead atoms. The van der Waals surface area contributed by atoms with E-state index in [-0.39, 0.29) is 6.04 Å². The largest absolute Gasteiger partial charge is 0.468 e. The lowest BCUT2D eigenvalue weighted by atomic mass is 10.1. The van der Waals surface area contributed by atoms with E-state index in [2.05, 4.69) is 32.7 Å². The molecule has 1 fully saturated rings. The van der Waals surface area contributed by atoms with Crippen molar-refractivity contribution >= 4 is 17.6 Å². The number of nitrogens with zero attached hydrogens (tertiary/aromatic N) is 2. The molecule has 5 nitrogen and oxygen atoms in total. The molecular formula is C20H27ClN4O. The summed E-state index contributed by atoms with van der Waals surface area (Å²) in [5.74, 6) is 1.82. The number of guanidine groups is 1. The number of aliphatic imine (C=N–C) groups is 1. The third-order valence-electron chi connectivity index (χ3n) is 4.73. The van der Waals surface area contributed by atoms with Gasteiger partial charge in [-0.2, -0.15) is 0 Å². The van der Waals surface area contributed by atoms with Crippen LogP contribution in [0, 0.1) is 0 Å². The number of likely N-dealkylation sites (tertiary alicyclic amines) is 1. The number of rotatable bonds is 7. The Morgan fingerprint density at radius 1 is 1.23 bits per heavy atom. The third-order valence-corrected chi connectivity index (χ3v) is 4.97. The van der Waals surface area contributed by atoms with E-state index < -0.39 is 0 Å². The quantitative estimate of drug-likeness (QED) is 0.575. The fraction of sp³-hybridized carbons (Fsp3) is 0.450. The zero-order valence-corrected chi connectivity index (χ0v) is 16.0. The molecule has 140 valence electrons. The summed E-state index contributed by atoms with van der Waals surface area (Å²) < 4.78 is 5.67. The van der Waals surface area contributed by atoms with Gasteiger partial charge in [0.15, 0.2) is 5.96 Å². The highest BCUT2D eigenvalue weighted by atomic mass is 35.5. The van der Waals surface area contributed by atoms with Crippen molar-refractivity contribution in [2.75, 3.05) is 33.2 Å². The van der Waals surface area contributed by atoms with Crippen LogP contribution in [0.1, 0.15) is 30.2 Å². The second-order valence-electron chi connectivity index (χ2n) is 6.53. The normalized spacial score (nSPS) is 16.6. The molecule has 3 rings (SSSR count). The van der Waals surface area contributed by atoms with Gasteiger partial charge in [0.25, 0.3) is 0 Å². The van der Waals surface area contributed by atoms with Gasteiger partial charge in [-0.3, -0.25) is 9.89 Å². The Morgan fingerprint density at radius 3 is 2.77 bits per heavy atom. The molecule has 2 aromatic rings. The molecule has 1 aromatic carbocycles. The third kappa shape index (κ3) is 5.26. The second kappa shape index (κ2) is 9.64. The first-order valence-corrected chi connectivity index (χ1v) is 9.60. The van der Waals surface area contributed by atoms with Gasteiger partial charge in [0.1, 0.15) is 5.76 Å². The number of halogens is 1. The average molecular weight is 375 g/mol. The van der Waals surface area contributed by atoms with E-state index in [1.54, 1.807) is 13.3 Å². The first-order chi connectivity index (χ1) is 12.8. The maximum Gasteiger partial charge on any atom is 0.191 e. The van der Waals surface area contributed by atoms with Crippen LogP contribution in [0.5, 0.6) is 0 Å². The zero-order valence-electron chi connectivity index (χ0n) is 15.2. The molecule has 1 aromatic heterocycles. The Morgan fingerprint density at radius 2 is 2.08 bits per heavy atom. The molecule has 0 saturated carbocycles. The molecule has 6 heteroatoms. The Balaban J connectivity index is 1.50. The van der Waals surface area contributed by atoms with Crippen LogP contribution in [0.4, 0.5) is 0 Å². The van der Waals surface area contributed by atoms with E-state index in [1.807, 2.05) is 24.3 Å². The molecule has 26 heavy (non-hydrogen) atoms. The van der Waals surface area contributed by atoms with Gasteiger partial charge in [0.05, 0.1) is 12.3 Å². The number of benzene rings is 1. The fourth-order valence-electron chi connectivity index (χ4n) is 3.38. The van der Waals surface area contributed by atoms with Gasteiger partial charge in [-0.05, 0) is 62.2 Å². The molecule has 0 spiro atoms. The maximum atomic E-state index is 6.04. The lowest BCUT2D eigenvalue weighted by molar-refractivity contribution is 0.215. The van der Waals surface area contributed by atoms with Crippen molar-refractivity contribution < 1.29 is 4.42 Å². The maximum absolute atomic E-state index is 6.04. The van der Waals surface area contributed by atoms with Gasteiger partial charge in [0, 0.05) is 25.2 Å². The standard InChI is InChI=1S/C20H27ClN4O/c1-22-20(23-10-9-16-6-4-7-17(21)14-16)24-15-18(19-8-5-13-26-19)25-11-2-3-12-25/h4-8,13-14,18H,2-3,9-12,15H2,1H3,(H2,22,23,24). The van der Waals surface area contributed by atoms with Crippen LogP contribution >= 0.6 is 11.6 Å². The Bertz CT molecular complexity index is 696. The predicted molar refractivity (Wildman–Crippen MR) is 107 cm³/mol. The highest BCUT2D eigenvalue weighted by Crippen LogP contribution is 2.24. The van der Waals surface area contributed by atoms with E-state index in [9.17, 15) is 0 Å². The summed E-state index contributed by atoms with van der Waals surface area (Å²) in [6.45, 7) is 3.81. The second-order valence-corrected chi connectivity index (χ2v) is 6.97. The number of hydrogen-bond acceptors (Lipinski definition) is 3. The van der Waals surface area contributed by atoms with Crippen LogP contribution in [0.25, 0.3) is 0 Å². The first kappa shape index (κ1) is 18.8. The van der Waals surface area contributed by atoms with Gasteiger partial charge < -0.3 is 15.1 Å². The molecule has 0 aliphatic carbocycles. The van der Waals surface area contributed by atoms with E-state index in [4.69, 9.17) is 16.0 Å². The van der Waals surface area contributed by atoms with Crippen LogP contribution in [0.3, 0.4) is 0 Å². The Labute approximate surface area is 160 Å². The van der Waals surface area contributed by atoms with Crippen molar-refractivity contribution in [3.8, 4) is 0 Å². The number of nitrogens with one attached hydrogen (secondary N) is 2. The summed E-state index contributed by atoms with van der Waals surface area (Å²) in [4.78, 5) is 6.81. The number of hydrogen-bond donors (Lipinski definition) is 2. The van der Waals surface area contributed by atoms with Crippen molar-refractivity contribution in [2.45, 2.75) is 25.3 Å². The summed E-state index contributed by atoms with van der Waals surface area (Å²) >= 11 is 6.04. The minimum Gasteiger partial charge on any atom is -0.468 e. The molecule has 1 aliphatic heterocycles. The molecule has 1 aliphatic rings. The summed E-state index contributed by atoms with van der Waals surface area (Å²) in [7, 11) is 1.80. The van der Waals surface area contributed by atoms with E-state index in [0.29, 0.717) is 0 Å². The van der Waals surface area contributed by atoms with Gasteiger partial charge in [-0.25, -0.2) is 0 Å². The SMILES string of the molecule is CN=C(NCCc1cccc(Cl)c1)NCC(c1ccco1)N1CCCC1. The van der Waals surface area contributed by atoms with Gasteiger partial charge in [0.2, 0.25) is 0 Å². The molecule has 1 atom stereocenters. The van der Waals surface area contributed by atoms with Gasteiger partial charge in [-0.1, -0.05) is 23.7 Å². The summed E-state index contributed by atoms with van der Waals surface area (Å²) in [5.41, 5.74) is 1.21. The predicted octanol–water partition coefficient (Wildman–Crippen LogP) is 3.48. The molecule has 0 amide bonds. The molecule has 2 heterocycles. The fourth-order valence-corrected chi connectivity index (χ4v) is 3.59. The molecule has 0 radical (unpaired) electrons. The van der Waals surface area contributed by atoms with Crippen LogP contribution in [-0.4, -0.2) is 44.1 Å². The molecule has 1 unspecified atom stereocenters. The van der Waals surface area contributed by atoms with Gasteiger partial charge >= 0.3 is 0 Å². The topological polar surface area (TPSA) is 52.8 Å². The smallest absolute Gasteiger partial charge is 0.191 e. The summed E-state index contributed by atoms with van der Waals surface area (Å²) in [5, 5.41) is 7.59. The summed E-state index contributed by atoms with van der Waals surface area (Å²) in [6.07, 6.45) is 5.15. The lowest BCUT2D eigenvalue weighted by Crippen LogP contribution is -2.43. The zero-order chi connectivity index (χ0) is 18.2. The Kier molecular flexibility index (Phi) is 6.97. The van der Waals surface area contributed by atoms with Crippen LogP contribution in [0.2, 0.25) is 5.02 Å². The number of furan rings is 1. The highest BCUT2D eigenvalue weighted by molar-refractivity contribution is 6.30. The van der Waals surface area contributed by atoms with Crippen molar-refractivity contribution in [3.05, 3.63) is 59.0 Å². The van der Waals surface area contributed by atoms with E-state index in [0.717, 1.165) is 49.3 Å². The first-order valence-electron chi connectivity index (χ1n) is 9.22. The van der Waals surface area contributed by atoms with Crippen LogP contribution < -0.4 is 10.6 Å². The van der Waals surface area contributed by atoms with E-state index >= 15 is 0 Å². The Hall–Kier alpha value is -1.98. The average Bonchev–Trinajstić information content (AvgIpc) is 3.35. The van der Waals surface area contributed by atoms with Crippen LogP contribution in [-0.2, 0) is 6.42 Å². The highest BCUT2D eigenvalue weighted by Gasteiger charge is 2.25. The van der Waals surface area contributed by atoms with Gasteiger partial charge in [-0.15, -0.1) is 0 Å². The lowest BCUT2D eigenvalue weighted by Gasteiger charge is -2.26. The van der Waals surface area contributed by atoms with Crippen molar-refractivity contribution in [2.24, 2.45) is 4.99 Å². The molecule has 1 saturated heterocycles. The van der Waals surface area contributed by atoms with Crippen LogP contribution in [0.15, 0.2) is 52.1 Å². The minimum absolute atomic E-state index is 0.235. The van der Waals surface area contributed by atoms with E-state index in [1.165, 1.54) is 18.4 Å². The van der Waals surface area contributed by atoms with Crippen molar-refractivity contribution in [1.29, 1.82) is 0 Å².